The van der Waals surface area contributed by atoms with Crippen LogP contribution < -0.4 is 9.47 Å². The lowest BCUT2D eigenvalue weighted by Crippen LogP contribution is -1.91. The molecule has 0 aliphatic carbocycles. The molecule has 0 spiro atoms. The zero-order chi connectivity index (χ0) is 15.6. The number of hydrogen-bond donors (Lipinski definition) is 0. The summed E-state index contributed by atoms with van der Waals surface area (Å²) in [4.78, 5) is 0. The molecule has 4 nitrogen and oxygen atoms in total. The van der Waals surface area contributed by atoms with Gasteiger partial charge in [0, 0.05) is 0 Å². The summed E-state index contributed by atoms with van der Waals surface area (Å²) in [5, 5.41) is 8.09. The molecule has 0 aromatic heterocycles. The molecular formula is C18H20N2O2. The van der Waals surface area contributed by atoms with Crippen molar-refractivity contribution < 1.29 is 9.47 Å². The van der Waals surface area contributed by atoms with E-state index in [9.17, 15) is 0 Å². The van der Waals surface area contributed by atoms with Crippen LogP contribution in [0.25, 0.3) is 0 Å². The second-order valence-corrected chi connectivity index (χ2v) is 4.49. The highest BCUT2D eigenvalue weighted by atomic mass is 16.5. The van der Waals surface area contributed by atoms with Gasteiger partial charge in [-0.15, -0.1) is 0 Å². The lowest BCUT2D eigenvalue weighted by molar-refractivity contribution is 0.340. The minimum Gasteiger partial charge on any atom is -0.494 e. The highest BCUT2D eigenvalue weighted by Crippen LogP contribution is 2.11. The largest absolute Gasteiger partial charge is 0.494 e. The van der Waals surface area contributed by atoms with Crippen molar-refractivity contribution in [2.24, 2.45) is 10.2 Å². The Balaban J connectivity index is 1.90. The molecule has 2 aromatic rings. The number of nitrogens with zero attached hydrogens (tertiary/aromatic N) is 2. The van der Waals surface area contributed by atoms with E-state index in [0.717, 1.165) is 22.6 Å². The van der Waals surface area contributed by atoms with Crippen molar-refractivity contribution in [3.8, 4) is 11.5 Å². The molecule has 4 heteroatoms. The lowest BCUT2D eigenvalue weighted by Gasteiger charge is -2.01. The standard InChI is InChI=1S/C18H20N2O2/c1-3-21-17-9-5-15(6-10-17)13-19-20-14-16-7-11-18(12-8-16)22-4-2/h5-14H,3-4H2,1-2H3/b19-13-,20-14+. The molecule has 0 aliphatic heterocycles. The molecule has 0 radical (unpaired) electrons. The molecule has 114 valence electrons. The van der Waals surface area contributed by atoms with E-state index in [1.807, 2.05) is 62.4 Å². The molecule has 22 heavy (non-hydrogen) atoms. The van der Waals surface area contributed by atoms with Gasteiger partial charge in [-0.05, 0) is 73.5 Å². The number of ether oxygens (including phenoxy) is 2. The first-order valence-electron chi connectivity index (χ1n) is 7.34. The topological polar surface area (TPSA) is 43.2 Å². The molecule has 0 aliphatic rings. The summed E-state index contributed by atoms with van der Waals surface area (Å²) in [6.07, 6.45) is 3.42. The second kappa shape index (κ2) is 8.62. The van der Waals surface area contributed by atoms with Gasteiger partial charge in [0.05, 0.1) is 25.6 Å². The Kier molecular flexibility index (Phi) is 6.18. The average molecular weight is 296 g/mol. The molecule has 0 saturated carbocycles. The van der Waals surface area contributed by atoms with Gasteiger partial charge in [0.1, 0.15) is 11.5 Å². The van der Waals surface area contributed by atoms with Gasteiger partial charge in [-0.2, -0.15) is 10.2 Å². The van der Waals surface area contributed by atoms with Crippen LogP contribution in [-0.4, -0.2) is 25.6 Å². The van der Waals surface area contributed by atoms with Crippen molar-refractivity contribution in [3.05, 3.63) is 59.7 Å². The summed E-state index contributed by atoms with van der Waals surface area (Å²) in [5.41, 5.74) is 1.96. The first-order valence-corrected chi connectivity index (χ1v) is 7.34. The summed E-state index contributed by atoms with van der Waals surface area (Å²) in [6.45, 7) is 5.26. The first-order chi connectivity index (χ1) is 10.8. The summed E-state index contributed by atoms with van der Waals surface area (Å²) < 4.78 is 10.8. The van der Waals surface area contributed by atoms with Gasteiger partial charge >= 0.3 is 0 Å². The molecule has 0 N–H and O–H groups in total. The van der Waals surface area contributed by atoms with Crippen LogP contribution in [0.1, 0.15) is 25.0 Å². The molecule has 0 atom stereocenters. The summed E-state index contributed by atoms with van der Waals surface area (Å²) in [6, 6.07) is 15.5. The fourth-order valence-electron chi connectivity index (χ4n) is 1.83. The van der Waals surface area contributed by atoms with Crippen LogP contribution in [0.3, 0.4) is 0 Å². The van der Waals surface area contributed by atoms with Crippen molar-refractivity contribution in [1.29, 1.82) is 0 Å². The average Bonchev–Trinajstić information content (AvgIpc) is 2.55. The lowest BCUT2D eigenvalue weighted by atomic mass is 10.2. The molecule has 2 rings (SSSR count). The quantitative estimate of drug-likeness (QED) is 0.574. The Hall–Kier alpha value is -2.62. The van der Waals surface area contributed by atoms with E-state index in [-0.39, 0.29) is 0 Å². The smallest absolute Gasteiger partial charge is 0.119 e. The van der Waals surface area contributed by atoms with E-state index in [2.05, 4.69) is 10.2 Å². The van der Waals surface area contributed by atoms with E-state index >= 15 is 0 Å². The Morgan fingerprint density at radius 3 is 1.36 bits per heavy atom. The van der Waals surface area contributed by atoms with Crippen LogP contribution >= 0.6 is 0 Å². The third kappa shape index (κ3) is 5.05. The van der Waals surface area contributed by atoms with Gasteiger partial charge in [0.2, 0.25) is 0 Å². The Morgan fingerprint density at radius 2 is 1.05 bits per heavy atom. The van der Waals surface area contributed by atoms with E-state index in [1.54, 1.807) is 12.4 Å². The van der Waals surface area contributed by atoms with Crippen LogP contribution in [0.15, 0.2) is 58.7 Å². The Labute approximate surface area is 131 Å². The molecular weight excluding hydrogens is 276 g/mol. The number of hydrogen-bond acceptors (Lipinski definition) is 4. The maximum Gasteiger partial charge on any atom is 0.119 e. The first kappa shape index (κ1) is 15.8. The second-order valence-electron chi connectivity index (χ2n) is 4.49. The van der Waals surface area contributed by atoms with E-state index in [4.69, 9.17) is 9.47 Å². The predicted octanol–water partition coefficient (Wildman–Crippen LogP) is 3.94. The van der Waals surface area contributed by atoms with Gasteiger partial charge in [0.25, 0.3) is 0 Å². The van der Waals surface area contributed by atoms with Crippen LogP contribution in [0, 0.1) is 0 Å². The van der Waals surface area contributed by atoms with Gasteiger partial charge in [-0.3, -0.25) is 0 Å². The van der Waals surface area contributed by atoms with Gasteiger partial charge in [-0.1, -0.05) is 0 Å². The SMILES string of the molecule is CCOc1ccc(/C=N\N=C\c2ccc(OCC)cc2)cc1. The van der Waals surface area contributed by atoms with Crippen molar-refractivity contribution in [3.63, 3.8) is 0 Å². The van der Waals surface area contributed by atoms with Crippen molar-refractivity contribution in [1.82, 2.24) is 0 Å². The molecule has 0 amide bonds. The van der Waals surface area contributed by atoms with Gasteiger partial charge < -0.3 is 9.47 Å². The minimum atomic E-state index is 0.666. The van der Waals surface area contributed by atoms with Crippen molar-refractivity contribution >= 4 is 12.4 Å². The summed E-state index contributed by atoms with van der Waals surface area (Å²) in [7, 11) is 0. The predicted molar refractivity (Wildman–Crippen MR) is 90.4 cm³/mol. The summed E-state index contributed by atoms with van der Waals surface area (Å²) >= 11 is 0. The third-order valence-corrected chi connectivity index (χ3v) is 2.86. The van der Waals surface area contributed by atoms with E-state index in [0.29, 0.717) is 13.2 Å². The van der Waals surface area contributed by atoms with Crippen LogP contribution in [0.4, 0.5) is 0 Å². The number of rotatable bonds is 7. The highest BCUT2D eigenvalue weighted by molar-refractivity contribution is 5.82. The minimum absolute atomic E-state index is 0.666. The maximum atomic E-state index is 5.39. The monoisotopic (exact) mass is 296 g/mol. The maximum absolute atomic E-state index is 5.39. The zero-order valence-electron chi connectivity index (χ0n) is 12.9. The summed E-state index contributed by atoms with van der Waals surface area (Å²) in [5.74, 6) is 1.72. The molecule has 0 bridgehead atoms. The van der Waals surface area contributed by atoms with Gasteiger partial charge in [0.15, 0.2) is 0 Å². The van der Waals surface area contributed by atoms with Crippen LogP contribution in [-0.2, 0) is 0 Å². The van der Waals surface area contributed by atoms with Crippen LogP contribution in [0.2, 0.25) is 0 Å². The van der Waals surface area contributed by atoms with Crippen molar-refractivity contribution in [2.45, 2.75) is 13.8 Å². The molecule has 0 unspecified atom stereocenters. The molecule has 0 fully saturated rings. The fraction of sp³-hybridized carbons (Fsp3) is 0.222. The normalized spacial score (nSPS) is 11.2. The Bertz CT molecular complexity index is 559. The third-order valence-electron chi connectivity index (χ3n) is 2.86. The molecule has 0 saturated heterocycles. The molecule has 0 heterocycles. The molecule has 2 aromatic carbocycles. The highest BCUT2D eigenvalue weighted by Gasteiger charge is 1.93. The zero-order valence-corrected chi connectivity index (χ0v) is 12.9. The number of benzene rings is 2. The van der Waals surface area contributed by atoms with E-state index < -0.39 is 0 Å². The fourth-order valence-corrected chi connectivity index (χ4v) is 1.83. The van der Waals surface area contributed by atoms with Crippen LogP contribution in [0.5, 0.6) is 11.5 Å². The van der Waals surface area contributed by atoms with Gasteiger partial charge in [-0.25, -0.2) is 0 Å². The van der Waals surface area contributed by atoms with Crippen molar-refractivity contribution in [2.75, 3.05) is 13.2 Å². The van der Waals surface area contributed by atoms with E-state index in [1.165, 1.54) is 0 Å². The Morgan fingerprint density at radius 1 is 0.682 bits per heavy atom.